The summed E-state index contributed by atoms with van der Waals surface area (Å²) in [7, 11) is 0. The molecular weight excluding hydrogens is 252 g/mol. The van der Waals surface area contributed by atoms with Gasteiger partial charge < -0.3 is 0 Å². The number of hydrogen-bond acceptors (Lipinski definition) is 3. The van der Waals surface area contributed by atoms with Crippen LogP contribution in [0.4, 0.5) is 0 Å². The predicted molar refractivity (Wildman–Crippen MR) is 82.8 cm³/mol. The number of fused-ring (bicyclic) bond motifs is 1. The van der Waals surface area contributed by atoms with Gasteiger partial charge in [-0.2, -0.15) is 0 Å². The molecular formula is C16H26N2S. The maximum absolute atomic E-state index is 2.76. The molecule has 0 aromatic carbocycles. The third-order valence-corrected chi connectivity index (χ3v) is 5.89. The number of piperazine rings is 1. The Bertz CT molecular complexity index is 415. The van der Waals surface area contributed by atoms with Gasteiger partial charge in [-0.25, -0.2) is 0 Å². The van der Waals surface area contributed by atoms with E-state index in [1.807, 2.05) is 11.3 Å². The number of nitrogens with zero attached hydrogens (tertiary/aromatic N) is 2. The van der Waals surface area contributed by atoms with E-state index < -0.39 is 0 Å². The predicted octanol–water partition coefficient (Wildman–Crippen LogP) is 3.37. The third-order valence-electron chi connectivity index (χ3n) is 4.94. The molecule has 0 bridgehead atoms. The highest BCUT2D eigenvalue weighted by Gasteiger charge is 2.35. The van der Waals surface area contributed by atoms with Crippen molar-refractivity contribution in [2.24, 2.45) is 0 Å². The Labute approximate surface area is 121 Å². The largest absolute Gasteiger partial charge is 0.298 e. The molecule has 1 aromatic rings. The van der Waals surface area contributed by atoms with Crippen LogP contribution in [0, 0.1) is 0 Å². The van der Waals surface area contributed by atoms with E-state index in [9.17, 15) is 0 Å². The van der Waals surface area contributed by atoms with E-state index in [1.165, 1.54) is 51.9 Å². The van der Waals surface area contributed by atoms with Crippen molar-refractivity contribution in [3.63, 3.8) is 0 Å². The van der Waals surface area contributed by atoms with Crippen molar-refractivity contribution in [3.05, 3.63) is 21.9 Å². The lowest BCUT2D eigenvalue weighted by atomic mass is 10.0. The second-order valence-electron chi connectivity index (χ2n) is 6.01. The highest BCUT2D eigenvalue weighted by Crippen LogP contribution is 2.28. The lowest BCUT2D eigenvalue weighted by molar-refractivity contribution is 0.0442. The fourth-order valence-corrected chi connectivity index (χ4v) is 4.74. The number of aryl methyl sites for hydroxylation is 1. The molecule has 0 N–H and O–H groups in total. The third kappa shape index (κ3) is 2.74. The van der Waals surface area contributed by atoms with E-state index in [-0.39, 0.29) is 0 Å². The van der Waals surface area contributed by atoms with Gasteiger partial charge >= 0.3 is 0 Å². The number of hydrogen-bond donors (Lipinski definition) is 0. The molecule has 2 fully saturated rings. The molecule has 3 heteroatoms. The topological polar surface area (TPSA) is 6.48 Å². The van der Waals surface area contributed by atoms with Crippen molar-refractivity contribution < 1.29 is 0 Å². The summed E-state index contributed by atoms with van der Waals surface area (Å²) in [6, 6.07) is 3.92. The highest BCUT2D eigenvalue weighted by molar-refractivity contribution is 7.10. The maximum atomic E-state index is 2.76. The molecule has 2 nitrogen and oxygen atoms in total. The minimum absolute atomic E-state index is 0.765. The molecule has 2 aliphatic rings. The van der Waals surface area contributed by atoms with Crippen LogP contribution < -0.4 is 0 Å². The molecule has 0 spiro atoms. The van der Waals surface area contributed by atoms with Gasteiger partial charge in [0, 0.05) is 36.6 Å². The quantitative estimate of drug-likeness (QED) is 0.833. The van der Waals surface area contributed by atoms with Gasteiger partial charge in [-0.05, 0) is 49.2 Å². The molecule has 2 aliphatic heterocycles. The van der Waals surface area contributed by atoms with Crippen LogP contribution in [0.15, 0.2) is 11.4 Å². The van der Waals surface area contributed by atoms with E-state index >= 15 is 0 Å². The Balaban J connectivity index is 1.71. The van der Waals surface area contributed by atoms with Crippen LogP contribution in [-0.2, 0) is 13.0 Å². The average molecular weight is 278 g/mol. The summed E-state index contributed by atoms with van der Waals surface area (Å²) >= 11 is 1.95. The van der Waals surface area contributed by atoms with E-state index in [1.54, 1.807) is 10.4 Å². The van der Waals surface area contributed by atoms with Gasteiger partial charge in [-0.1, -0.05) is 13.8 Å². The van der Waals surface area contributed by atoms with Gasteiger partial charge in [0.25, 0.3) is 0 Å². The first kappa shape index (κ1) is 13.6. The molecule has 3 heterocycles. The van der Waals surface area contributed by atoms with Crippen LogP contribution in [0.5, 0.6) is 0 Å². The zero-order valence-electron chi connectivity index (χ0n) is 12.3. The molecule has 1 aromatic heterocycles. The molecule has 106 valence electrons. The van der Waals surface area contributed by atoms with E-state index in [2.05, 4.69) is 35.1 Å². The van der Waals surface area contributed by atoms with Crippen molar-refractivity contribution in [1.82, 2.24) is 9.80 Å². The summed E-state index contributed by atoms with van der Waals surface area (Å²) in [5.41, 5.74) is 1.56. The van der Waals surface area contributed by atoms with Gasteiger partial charge in [0.2, 0.25) is 0 Å². The molecule has 0 amide bonds. The van der Waals surface area contributed by atoms with Crippen LogP contribution in [-0.4, -0.2) is 41.5 Å². The molecule has 2 atom stereocenters. The van der Waals surface area contributed by atoms with E-state index in [4.69, 9.17) is 0 Å². The smallest absolute Gasteiger partial charge is 0.0334 e. The van der Waals surface area contributed by atoms with Crippen LogP contribution in [0.25, 0.3) is 0 Å². The first-order chi connectivity index (χ1) is 9.31. The minimum atomic E-state index is 0.765. The monoisotopic (exact) mass is 278 g/mol. The van der Waals surface area contributed by atoms with Crippen LogP contribution >= 0.6 is 11.3 Å². The standard InChI is InChI=1S/C16H26N2S/c1-3-13-7-9-19-16(13)12-18-11-15-6-5-8-17(15)10-14(18)4-2/h7,9,14-15H,3-6,8,10-12H2,1-2H3. The lowest BCUT2D eigenvalue weighted by Gasteiger charge is -2.43. The Hall–Kier alpha value is -0.380. The molecule has 19 heavy (non-hydrogen) atoms. The average Bonchev–Trinajstić information content (AvgIpc) is 3.05. The molecule has 2 saturated heterocycles. The van der Waals surface area contributed by atoms with Crippen LogP contribution in [0.3, 0.4) is 0 Å². The fraction of sp³-hybridized carbons (Fsp3) is 0.750. The molecule has 3 rings (SSSR count). The van der Waals surface area contributed by atoms with Crippen molar-refractivity contribution in [2.75, 3.05) is 19.6 Å². The second-order valence-corrected chi connectivity index (χ2v) is 7.01. The van der Waals surface area contributed by atoms with Crippen molar-refractivity contribution >= 4 is 11.3 Å². The van der Waals surface area contributed by atoms with Crippen molar-refractivity contribution in [2.45, 2.75) is 58.2 Å². The minimum Gasteiger partial charge on any atom is -0.298 e. The summed E-state index contributed by atoms with van der Waals surface area (Å²) in [5.74, 6) is 0. The second kappa shape index (κ2) is 5.94. The SMILES string of the molecule is CCc1ccsc1CN1CC2CCCN2CC1CC. The summed E-state index contributed by atoms with van der Waals surface area (Å²) in [6.45, 7) is 9.74. The molecule has 0 saturated carbocycles. The van der Waals surface area contributed by atoms with Gasteiger partial charge in [0.15, 0.2) is 0 Å². The van der Waals surface area contributed by atoms with Crippen molar-refractivity contribution in [1.29, 1.82) is 0 Å². The van der Waals surface area contributed by atoms with Gasteiger partial charge in [0.1, 0.15) is 0 Å². The summed E-state index contributed by atoms with van der Waals surface area (Å²) in [4.78, 5) is 7.10. The van der Waals surface area contributed by atoms with Gasteiger partial charge in [0.05, 0.1) is 0 Å². The van der Waals surface area contributed by atoms with Gasteiger partial charge in [-0.3, -0.25) is 9.80 Å². The first-order valence-electron chi connectivity index (χ1n) is 7.85. The normalized spacial score (nSPS) is 28.7. The Kier molecular flexibility index (Phi) is 4.25. The summed E-state index contributed by atoms with van der Waals surface area (Å²) in [6.07, 6.45) is 5.29. The van der Waals surface area contributed by atoms with E-state index in [0.717, 1.165) is 12.1 Å². The zero-order valence-corrected chi connectivity index (χ0v) is 13.1. The number of rotatable bonds is 4. The van der Waals surface area contributed by atoms with Crippen LogP contribution in [0.2, 0.25) is 0 Å². The Morgan fingerprint density at radius 2 is 2.21 bits per heavy atom. The highest BCUT2D eigenvalue weighted by atomic mass is 32.1. The maximum Gasteiger partial charge on any atom is 0.0334 e. The summed E-state index contributed by atoms with van der Waals surface area (Å²) < 4.78 is 0. The summed E-state index contributed by atoms with van der Waals surface area (Å²) in [5, 5.41) is 2.26. The van der Waals surface area contributed by atoms with Gasteiger partial charge in [-0.15, -0.1) is 11.3 Å². The lowest BCUT2D eigenvalue weighted by Crippen LogP contribution is -2.55. The molecule has 0 aliphatic carbocycles. The van der Waals surface area contributed by atoms with E-state index in [0.29, 0.717) is 0 Å². The Morgan fingerprint density at radius 3 is 3.00 bits per heavy atom. The molecule has 2 unspecified atom stereocenters. The number of thiophene rings is 1. The zero-order chi connectivity index (χ0) is 13.2. The van der Waals surface area contributed by atoms with Crippen molar-refractivity contribution in [3.8, 4) is 0 Å². The first-order valence-corrected chi connectivity index (χ1v) is 8.73. The Morgan fingerprint density at radius 1 is 1.32 bits per heavy atom. The fourth-order valence-electron chi connectivity index (χ4n) is 3.73. The molecule has 0 radical (unpaired) electrons. The van der Waals surface area contributed by atoms with Crippen LogP contribution in [0.1, 0.15) is 43.6 Å².